The van der Waals surface area contributed by atoms with Crippen LogP contribution < -0.4 is 4.90 Å². The minimum absolute atomic E-state index is 0.0818. The first-order valence-corrected chi connectivity index (χ1v) is 8.99. The Morgan fingerprint density at radius 2 is 2.00 bits per heavy atom. The number of fused-ring (bicyclic) bond motifs is 1. The molecule has 1 saturated heterocycles. The highest BCUT2D eigenvalue weighted by molar-refractivity contribution is 5.96. The fraction of sp³-hybridized carbons (Fsp3) is 0.579. The number of amides is 1. The first kappa shape index (κ1) is 17.0. The molecule has 3 rings (SSSR count). The highest BCUT2D eigenvalue weighted by Crippen LogP contribution is 2.27. The third-order valence-corrected chi connectivity index (χ3v) is 4.92. The third-order valence-electron chi connectivity index (χ3n) is 4.92. The molecule has 1 aromatic rings. The predicted octanol–water partition coefficient (Wildman–Crippen LogP) is 2.38. The van der Waals surface area contributed by atoms with Gasteiger partial charge >= 0.3 is 5.97 Å². The van der Waals surface area contributed by atoms with E-state index in [0.717, 1.165) is 50.9 Å². The van der Waals surface area contributed by atoms with E-state index < -0.39 is 0 Å². The van der Waals surface area contributed by atoms with E-state index in [1.54, 1.807) is 0 Å². The van der Waals surface area contributed by atoms with Gasteiger partial charge in [0, 0.05) is 12.2 Å². The summed E-state index contributed by atoms with van der Waals surface area (Å²) >= 11 is 0. The van der Waals surface area contributed by atoms with E-state index in [1.807, 2.05) is 34.9 Å². The Kier molecular flexibility index (Phi) is 5.51. The summed E-state index contributed by atoms with van der Waals surface area (Å²) in [6, 6.07) is 7.84. The van der Waals surface area contributed by atoms with E-state index in [0.29, 0.717) is 6.61 Å². The Morgan fingerprint density at radius 3 is 2.83 bits per heavy atom. The third kappa shape index (κ3) is 3.61. The molecule has 0 spiro atoms. The molecule has 0 bridgehead atoms. The van der Waals surface area contributed by atoms with Crippen molar-refractivity contribution in [3.8, 4) is 0 Å². The number of hydrogen-bond donors (Lipinski definition) is 0. The lowest BCUT2D eigenvalue weighted by Crippen LogP contribution is -2.51. The van der Waals surface area contributed by atoms with Crippen LogP contribution in [0.25, 0.3) is 0 Å². The zero-order chi connectivity index (χ0) is 16.9. The molecule has 2 heterocycles. The molecule has 5 nitrogen and oxygen atoms in total. The van der Waals surface area contributed by atoms with Crippen LogP contribution in [0.3, 0.4) is 0 Å². The molecule has 1 aromatic carbocycles. The monoisotopic (exact) mass is 330 g/mol. The smallest absolute Gasteiger partial charge is 0.323 e. The summed E-state index contributed by atoms with van der Waals surface area (Å²) in [5.74, 6) is -0.109. The predicted molar refractivity (Wildman–Crippen MR) is 93.0 cm³/mol. The van der Waals surface area contributed by atoms with Crippen molar-refractivity contribution in [2.45, 2.75) is 45.1 Å². The molecule has 24 heavy (non-hydrogen) atoms. The minimum atomic E-state index is -0.275. The van der Waals surface area contributed by atoms with E-state index in [-0.39, 0.29) is 24.5 Å². The number of carbonyl (C=O) groups excluding carboxylic acids is 2. The summed E-state index contributed by atoms with van der Waals surface area (Å²) in [6.45, 7) is 4.04. The van der Waals surface area contributed by atoms with E-state index in [1.165, 1.54) is 5.56 Å². The molecule has 0 unspecified atom stereocenters. The number of para-hydroxylation sites is 1. The average molecular weight is 330 g/mol. The van der Waals surface area contributed by atoms with Crippen molar-refractivity contribution in [1.82, 2.24) is 4.90 Å². The van der Waals surface area contributed by atoms with Crippen molar-refractivity contribution in [2.75, 3.05) is 31.1 Å². The van der Waals surface area contributed by atoms with Gasteiger partial charge in [-0.15, -0.1) is 0 Å². The Balaban J connectivity index is 1.70. The van der Waals surface area contributed by atoms with Gasteiger partial charge in [-0.3, -0.25) is 14.5 Å². The van der Waals surface area contributed by atoms with Crippen molar-refractivity contribution < 1.29 is 14.3 Å². The highest BCUT2D eigenvalue weighted by atomic mass is 16.5. The van der Waals surface area contributed by atoms with E-state index >= 15 is 0 Å². The van der Waals surface area contributed by atoms with Crippen molar-refractivity contribution in [3.63, 3.8) is 0 Å². The number of piperidine rings is 1. The molecule has 1 atom stereocenters. The lowest BCUT2D eigenvalue weighted by atomic mass is 10.0. The summed E-state index contributed by atoms with van der Waals surface area (Å²) < 4.78 is 5.19. The van der Waals surface area contributed by atoms with Crippen LogP contribution in [-0.4, -0.2) is 49.1 Å². The quantitative estimate of drug-likeness (QED) is 0.796. The molecule has 0 radical (unpaired) electrons. The molecule has 5 heteroatoms. The lowest BCUT2D eigenvalue weighted by molar-refractivity contribution is -0.151. The summed E-state index contributed by atoms with van der Waals surface area (Å²) in [5, 5.41) is 0. The summed E-state index contributed by atoms with van der Waals surface area (Å²) in [6.07, 6.45) is 4.84. The fourth-order valence-corrected chi connectivity index (χ4v) is 3.74. The Labute approximate surface area is 143 Å². The van der Waals surface area contributed by atoms with Crippen LogP contribution in [0, 0.1) is 0 Å². The molecular formula is C19H26N2O3. The Morgan fingerprint density at radius 1 is 1.17 bits per heavy atom. The average Bonchev–Trinajstić information content (AvgIpc) is 2.62. The molecule has 130 valence electrons. The first-order chi connectivity index (χ1) is 11.7. The van der Waals surface area contributed by atoms with Crippen LogP contribution in [0.4, 0.5) is 5.69 Å². The zero-order valence-corrected chi connectivity index (χ0v) is 14.4. The second-order valence-electron chi connectivity index (χ2n) is 6.51. The molecule has 0 aliphatic carbocycles. The van der Waals surface area contributed by atoms with E-state index in [2.05, 4.69) is 6.07 Å². The molecule has 1 fully saturated rings. The molecule has 0 saturated carbocycles. The van der Waals surface area contributed by atoms with Crippen molar-refractivity contribution >= 4 is 17.6 Å². The van der Waals surface area contributed by atoms with E-state index in [9.17, 15) is 9.59 Å². The number of rotatable bonds is 4. The largest absolute Gasteiger partial charge is 0.465 e. The molecule has 0 aromatic heterocycles. The van der Waals surface area contributed by atoms with Crippen LogP contribution in [0.5, 0.6) is 0 Å². The van der Waals surface area contributed by atoms with Crippen LogP contribution in [0.15, 0.2) is 24.3 Å². The second-order valence-corrected chi connectivity index (χ2v) is 6.51. The van der Waals surface area contributed by atoms with Gasteiger partial charge in [0.2, 0.25) is 5.91 Å². The van der Waals surface area contributed by atoms with Crippen molar-refractivity contribution in [2.24, 2.45) is 0 Å². The maximum atomic E-state index is 12.9. The number of carbonyl (C=O) groups is 2. The van der Waals surface area contributed by atoms with Gasteiger partial charge in [-0.2, -0.15) is 0 Å². The maximum Gasteiger partial charge on any atom is 0.323 e. The summed E-state index contributed by atoms with van der Waals surface area (Å²) in [4.78, 5) is 28.9. The van der Waals surface area contributed by atoms with Crippen molar-refractivity contribution in [1.29, 1.82) is 0 Å². The van der Waals surface area contributed by atoms with Crippen LogP contribution in [-0.2, 0) is 20.7 Å². The lowest BCUT2D eigenvalue weighted by Gasteiger charge is -2.36. The fourth-order valence-electron chi connectivity index (χ4n) is 3.74. The maximum absolute atomic E-state index is 12.9. The number of likely N-dealkylation sites (tertiary alicyclic amines) is 1. The standard InChI is InChI=1S/C19H26N2O3/c1-2-24-19(23)17-11-5-6-12-20(17)14-18(22)21-13-7-9-15-8-3-4-10-16(15)21/h3-4,8,10,17H,2,5-7,9,11-14H2,1H3/t17-/m0/s1. The number of esters is 1. The SMILES string of the molecule is CCOC(=O)[C@@H]1CCCCN1CC(=O)N1CCCc2ccccc21. The zero-order valence-electron chi connectivity index (χ0n) is 14.4. The van der Waals surface area contributed by atoms with Gasteiger partial charge in [-0.25, -0.2) is 0 Å². The van der Waals surface area contributed by atoms with Crippen molar-refractivity contribution in [3.05, 3.63) is 29.8 Å². The number of benzene rings is 1. The number of hydrogen-bond acceptors (Lipinski definition) is 4. The number of aryl methyl sites for hydroxylation is 1. The van der Waals surface area contributed by atoms with Crippen LogP contribution in [0.1, 0.15) is 38.2 Å². The second kappa shape index (κ2) is 7.79. The molecule has 2 aliphatic rings. The van der Waals surface area contributed by atoms with Gasteiger partial charge in [0.15, 0.2) is 0 Å². The summed E-state index contributed by atoms with van der Waals surface area (Å²) in [5.41, 5.74) is 2.26. The highest BCUT2D eigenvalue weighted by Gasteiger charge is 2.33. The number of anilines is 1. The summed E-state index contributed by atoms with van der Waals surface area (Å²) in [7, 11) is 0. The Hall–Kier alpha value is -1.88. The molecule has 2 aliphatic heterocycles. The van der Waals surface area contributed by atoms with Gasteiger partial charge in [-0.05, 0) is 50.8 Å². The first-order valence-electron chi connectivity index (χ1n) is 8.99. The molecular weight excluding hydrogens is 304 g/mol. The van der Waals surface area contributed by atoms with Crippen LogP contribution >= 0.6 is 0 Å². The molecule has 0 N–H and O–H groups in total. The van der Waals surface area contributed by atoms with Gasteiger partial charge in [-0.1, -0.05) is 24.6 Å². The minimum Gasteiger partial charge on any atom is -0.465 e. The normalized spacial score (nSPS) is 21.2. The van der Waals surface area contributed by atoms with Crippen LogP contribution in [0.2, 0.25) is 0 Å². The van der Waals surface area contributed by atoms with Gasteiger partial charge < -0.3 is 9.64 Å². The van der Waals surface area contributed by atoms with E-state index in [4.69, 9.17) is 4.74 Å². The van der Waals surface area contributed by atoms with Gasteiger partial charge in [0.1, 0.15) is 6.04 Å². The topological polar surface area (TPSA) is 49.9 Å². The number of ether oxygens (including phenoxy) is 1. The Bertz CT molecular complexity index is 602. The molecule has 1 amide bonds. The van der Waals surface area contributed by atoms with Gasteiger partial charge in [0.25, 0.3) is 0 Å². The number of nitrogens with zero attached hydrogens (tertiary/aromatic N) is 2. The van der Waals surface area contributed by atoms with Gasteiger partial charge in [0.05, 0.1) is 13.2 Å².